The second-order valence-electron chi connectivity index (χ2n) is 4.45. The van der Waals surface area contributed by atoms with Crippen LogP contribution in [-0.4, -0.2) is 15.5 Å². The summed E-state index contributed by atoms with van der Waals surface area (Å²) in [5.41, 5.74) is 5.60. The first kappa shape index (κ1) is 13.6. The Morgan fingerprint density at radius 2 is 2.12 bits per heavy atom. The first-order valence-corrected chi connectivity index (χ1v) is 6.72. The molecular weight excluding hydrogens is 249 g/mol. The summed E-state index contributed by atoms with van der Waals surface area (Å²) < 4.78 is 25.1. The van der Waals surface area contributed by atoms with Gasteiger partial charge in [0.25, 0.3) is 0 Å². The average Bonchev–Trinajstić information content (AvgIpc) is 2.08. The van der Waals surface area contributed by atoms with E-state index in [1.807, 2.05) is 0 Å². The molecule has 1 unspecified atom stereocenters. The maximum Gasteiger partial charge on any atom is 0.127 e. The summed E-state index contributed by atoms with van der Waals surface area (Å²) in [5.74, 6) is 0.0963. The molecular formula is C11H15ClFNOS. The zero-order valence-corrected chi connectivity index (χ0v) is 10.9. The second-order valence-corrected chi connectivity index (χ2v) is 6.35. The first-order valence-electron chi connectivity index (χ1n) is 4.86. The summed E-state index contributed by atoms with van der Waals surface area (Å²) in [4.78, 5) is 0. The fraction of sp³-hybridized carbons (Fsp3) is 0.455. The molecule has 90 valence electrons. The molecule has 16 heavy (non-hydrogen) atoms. The highest BCUT2D eigenvalue weighted by atomic mass is 35.5. The lowest BCUT2D eigenvalue weighted by Crippen LogP contribution is -2.38. The SMILES string of the molecule is CC(C)(N)CS(=O)Cc1cc(Cl)ccc1F. The van der Waals surface area contributed by atoms with Gasteiger partial charge in [0.1, 0.15) is 5.82 Å². The normalized spacial score (nSPS) is 13.8. The molecule has 0 aliphatic carbocycles. The summed E-state index contributed by atoms with van der Waals surface area (Å²) in [6.45, 7) is 3.58. The smallest absolute Gasteiger partial charge is 0.127 e. The van der Waals surface area contributed by atoms with Crippen molar-refractivity contribution in [3.05, 3.63) is 34.6 Å². The topological polar surface area (TPSA) is 43.1 Å². The van der Waals surface area contributed by atoms with E-state index in [4.69, 9.17) is 17.3 Å². The molecule has 0 saturated heterocycles. The minimum Gasteiger partial charge on any atom is -0.325 e. The lowest BCUT2D eigenvalue weighted by Gasteiger charge is -2.17. The van der Waals surface area contributed by atoms with Crippen LogP contribution in [0.3, 0.4) is 0 Å². The molecule has 0 aromatic heterocycles. The van der Waals surface area contributed by atoms with Crippen molar-refractivity contribution in [1.82, 2.24) is 0 Å². The molecule has 0 bridgehead atoms. The maximum atomic E-state index is 13.3. The third-order valence-electron chi connectivity index (χ3n) is 1.86. The molecule has 0 aliphatic heterocycles. The highest BCUT2D eigenvalue weighted by molar-refractivity contribution is 7.84. The van der Waals surface area contributed by atoms with E-state index in [-0.39, 0.29) is 11.6 Å². The van der Waals surface area contributed by atoms with Crippen molar-refractivity contribution in [2.45, 2.75) is 25.1 Å². The predicted octanol–water partition coefficient (Wildman–Crippen LogP) is 2.47. The van der Waals surface area contributed by atoms with Crippen molar-refractivity contribution in [2.24, 2.45) is 5.73 Å². The minimum absolute atomic E-state index is 0.146. The molecule has 1 atom stereocenters. The Morgan fingerprint density at radius 3 is 2.69 bits per heavy atom. The van der Waals surface area contributed by atoms with Gasteiger partial charge in [-0.15, -0.1) is 0 Å². The van der Waals surface area contributed by atoms with E-state index in [2.05, 4.69) is 0 Å². The Balaban J connectivity index is 2.73. The molecule has 0 spiro atoms. The summed E-state index contributed by atoms with van der Waals surface area (Å²) >= 11 is 5.74. The molecule has 0 amide bonds. The molecule has 1 aromatic carbocycles. The monoisotopic (exact) mass is 263 g/mol. The summed E-state index contributed by atoms with van der Waals surface area (Å²) in [5, 5.41) is 0.445. The van der Waals surface area contributed by atoms with Crippen LogP contribution in [0.1, 0.15) is 19.4 Å². The van der Waals surface area contributed by atoms with Crippen molar-refractivity contribution in [3.8, 4) is 0 Å². The summed E-state index contributed by atoms with van der Waals surface area (Å²) in [7, 11) is -1.18. The zero-order valence-electron chi connectivity index (χ0n) is 9.30. The predicted molar refractivity (Wildman–Crippen MR) is 66.4 cm³/mol. The van der Waals surface area contributed by atoms with E-state index in [9.17, 15) is 8.60 Å². The molecule has 1 rings (SSSR count). The first-order chi connectivity index (χ1) is 7.28. The largest absolute Gasteiger partial charge is 0.325 e. The second kappa shape index (κ2) is 5.25. The molecule has 0 fully saturated rings. The van der Waals surface area contributed by atoms with Gasteiger partial charge in [-0.05, 0) is 32.0 Å². The number of hydrogen-bond acceptors (Lipinski definition) is 2. The van der Waals surface area contributed by atoms with E-state index < -0.39 is 16.3 Å². The molecule has 1 aromatic rings. The number of halogens is 2. The Bertz CT molecular complexity index is 403. The number of hydrogen-bond donors (Lipinski definition) is 1. The van der Waals surface area contributed by atoms with Gasteiger partial charge in [-0.25, -0.2) is 4.39 Å². The molecule has 0 radical (unpaired) electrons. The molecule has 2 N–H and O–H groups in total. The summed E-state index contributed by atoms with van der Waals surface area (Å²) in [6.07, 6.45) is 0. The van der Waals surface area contributed by atoms with Crippen LogP contribution in [0.2, 0.25) is 5.02 Å². The van der Waals surface area contributed by atoms with Crippen molar-refractivity contribution < 1.29 is 8.60 Å². The standard InChI is InChI=1S/C11H15ClFNOS/c1-11(2,14)7-16(15)6-8-5-9(12)3-4-10(8)13/h3-5H,6-7,14H2,1-2H3. The van der Waals surface area contributed by atoms with Gasteiger partial charge in [0.05, 0.1) is 5.75 Å². The van der Waals surface area contributed by atoms with E-state index in [0.29, 0.717) is 16.3 Å². The zero-order chi connectivity index (χ0) is 12.3. The van der Waals surface area contributed by atoms with Crippen molar-refractivity contribution in [3.63, 3.8) is 0 Å². The van der Waals surface area contributed by atoms with Crippen molar-refractivity contribution in [2.75, 3.05) is 5.75 Å². The van der Waals surface area contributed by atoms with Crippen LogP contribution in [0, 0.1) is 5.82 Å². The van der Waals surface area contributed by atoms with E-state index in [0.717, 1.165) is 0 Å². The van der Waals surface area contributed by atoms with Gasteiger partial charge in [0.15, 0.2) is 0 Å². The highest BCUT2D eigenvalue weighted by Crippen LogP contribution is 2.17. The Hall–Kier alpha value is -0.450. The highest BCUT2D eigenvalue weighted by Gasteiger charge is 2.16. The molecule has 5 heteroatoms. The molecule has 0 heterocycles. The summed E-state index contributed by atoms with van der Waals surface area (Å²) in [6, 6.07) is 4.25. The van der Waals surface area contributed by atoms with Crippen LogP contribution in [0.15, 0.2) is 18.2 Å². The van der Waals surface area contributed by atoms with Crippen molar-refractivity contribution >= 4 is 22.4 Å². The molecule has 2 nitrogen and oxygen atoms in total. The fourth-order valence-electron chi connectivity index (χ4n) is 1.29. The fourth-order valence-corrected chi connectivity index (χ4v) is 2.99. The van der Waals surface area contributed by atoms with Crippen molar-refractivity contribution in [1.29, 1.82) is 0 Å². The van der Waals surface area contributed by atoms with Gasteiger partial charge in [-0.2, -0.15) is 0 Å². The number of nitrogens with two attached hydrogens (primary N) is 1. The average molecular weight is 264 g/mol. The van der Waals surface area contributed by atoms with Crippen LogP contribution in [-0.2, 0) is 16.6 Å². The maximum absolute atomic E-state index is 13.3. The van der Waals surface area contributed by atoms with E-state index >= 15 is 0 Å². The van der Waals surface area contributed by atoms with Gasteiger partial charge in [0, 0.05) is 32.7 Å². The van der Waals surface area contributed by atoms with E-state index in [1.54, 1.807) is 13.8 Å². The lowest BCUT2D eigenvalue weighted by molar-refractivity contribution is 0.576. The Kier molecular flexibility index (Phi) is 4.47. The minimum atomic E-state index is -1.18. The van der Waals surface area contributed by atoms with Gasteiger partial charge < -0.3 is 5.73 Å². The van der Waals surface area contributed by atoms with Gasteiger partial charge in [-0.1, -0.05) is 11.6 Å². The van der Waals surface area contributed by atoms with Crippen LogP contribution >= 0.6 is 11.6 Å². The third-order valence-corrected chi connectivity index (χ3v) is 3.79. The number of benzene rings is 1. The van der Waals surface area contributed by atoms with Crippen LogP contribution in [0.25, 0.3) is 0 Å². The number of rotatable bonds is 4. The molecule has 0 saturated carbocycles. The van der Waals surface area contributed by atoms with Crippen LogP contribution in [0.5, 0.6) is 0 Å². The lowest BCUT2D eigenvalue weighted by atomic mass is 10.1. The third kappa shape index (κ3) is 4.60. The Morgan fingerprint density at radius 1 is 1.50 bits per heavy atom. The van der Waals surface area contributed by atoms with Gasteiger partial charge in [-0.3, -0.25) is 4.21 Å². The van der Waals surface area contributed by atoms with Crippen LogP contribution in [0.4, 0.5) is 4.39 Å². The quantitative estimate of drug-likeness (QED) is 0.907. The Labute approximate surface area is 102 Å². The van der Waals surface area contributed by atoms with E-state index in [1.165, 1.54) is 18.2 Å². The van der Waals surface area contributed by atoms with Gasteiger partial charge >= 0.3 is 0 Å². The van der Waals surface area contributed by atoms with Crippen LogP contribution < -0.4 is 5.73 Å². The molecule has 0 aliphatic rings. The van der Waals surface area contributed by atoms with Gasteiger partial charge in [0.2, 0.25) is 0 Å².